The SMILES string of the molecule is CCCCCCCCCCCCCCCCCCCCCC(=O)O[C@H](COC(=O)CCCCCCCCCCCCCCC)COP(=O)(O)OC[C@@H](O)COP(=O)(O)OC[C@@H](COC(=O)CCCCCCCCCCCC)OC(=O)CCCCCCCCCCC(C)CC. The Morgan fingerprint density at radius 2 is 0.511 bits per heavy atom. The van der Waals surface area contributed by atoms with Gasteiger partial charge >= 0.3 is 39.5 Å². The minimum absolute atomic E-state index is 0.106. The molecule has 0 aliphatic carbocycles. The normalized spacial score (nSPS) is 14.3. The molecule has 0 aliphatic heterocycles. The van der Waals surface area contributed by atoms with E-state index < -0.39 is 97.5 Å². The van der Waals surface area contributed by atoms with Gasteiger partial charge in [0, 0.05) is 25.7 Å². The lowest BCUT2D eigenvalue weighted by atomic mass is 9.99. The highest BCUT2D eigenvalue weighted by Gasteiger charge is 2.30. The maximum absolute atomic E-state index is 13.1. The highest BCUT2D eigenvalue weighted by Crippen LogP contribution is 2.45. The maximum atomic E-state index is 13.1. The molecule has 0 saturated carbocycles. The first-order chi connectivity index (χ1) is 45.6. The van der Waals surface area contributed by atoms with Gasteiger partial charge in [-0.25, -0.2) is 9.13 Å². The van der Waals surface area contributed by atoms with E-state index in [1.54, 1.807) is 0 Å². The lowest BCUT2D eigenvalue weighted by Crippen LogP contribution is -2.30. The largest absolute Gasteiger partial charge is 0.472 e. The Kier molecular flexibility index (Phi) is 66.8. The number of ether oxygens (including phenoxy) is 4. The molecule has 0 bridgehead atoms. The fourth-order valence-electron chi connectivity index (χ4n) is 11.5. The Labute approximate surface area is 575 Å². The van der Waals surface area contributed by atoms with Crippen LogP contribution in [0.1, 0.15) is 394 Å². The molecule has 19 heteroatoms. The molecule has 0 aromatic rings. The molecule has 0 aromatic carbocycles. The average molecular weight is 1380 g/mol. The molecule has 6 atom stereocenters. The van der Waals surface area contributed by atoms with E-state index >= 15 is 0 Å². The summed E-state index contributed by atoms with van der Waals surface area (Å²) in [4.78, 5) is 72.7. The fourth-order valence-corrected chi connectivity index (χ4v) is 13.1. The van der Waals surface area contributed by atoms with Gasteiger partial charge in [-0.1, -0.05) is 343 Å². The van der Waals surface area contributed by atoms with Crippen LogP contribution in [0.15, 0.2) is 0 Å². The Morgan fingerprint density at radius 1 is 0.298 bits per heavy atom. The van der Waals surface area contributed by atoms with Crippen LogP contribution in [0.5, 0.6) is 0 Å². The van der Waals surface area contributed by atoms with Crippen molar-refractivity contribution in [2.45, 2.75) is 412 Å². The number of unbranched alkanes of at least 4 members (excludes halogenated alkanes) is 46. The lowest BCUT2D eigenvalue weighted by Gasteiger charge is -2.21. The smallest absolute Gasteiger partial charge is 0.462 e. The van der Waals surface area contributed by atoms with Crippen LogP contribution in [-0.2, 0) is 65.4 Å². The number of carbonyl (C=O) groups excluding carboxylic acids is 4. The van der Waals surface area contributed by atoms with Gasteiger partial charge in [0.1, 0.15) is 19.3 Å². The number of carbonyl (C=O) groups is 4. The van der Waals surface area contributed by atoms with Crippen LogP contribution in [0.3, 0.4) is 0 Å². The van der Waals surface area contributed by atoms with E-state index in [1.165, 1.54) is 218 Å². The van der Waals surface area contributed by atoms with Crippen LogP contribution >= 0.6 is 15.6 Å². The summed E-state index contributed by atoms with van der Waals surface area (Å²) in [5.74, 6) is -1.35. The maximum Gasteiger partial charge on any atom is 0.472 e. The third-order valence-electron chi connectivity index (χ3n) is 17.9. The van der Waals surface area contributed by atoms with Crippen molar-refractivity contribution >= 4 is 39.5 Å². The molecule has 0 saturated heterocycles. The zero-order chi connectivity index (χ0) is 69.1. The van der Waals surface area contributed by atoms with E-state index in [2.05, 4.69) is 34.6 Å². The Hall–Kier alpha value is -1.94. The molecule has 17 nitrogen and oxygen atoms in total. The van der Waals surface area contributed by atoms with Crippen molar-refractivity contribution in [1.82, 2.24) is 0 Å². The summed E-state index contributed by atoms with van der Waals surface area (Å²) in [5, 5.41) is 10.6. The second-order valence-electron chi connectivity index (χ2n) is 27.3. The van der Waals surface area contributed by atoms with E-state index in [0.29, 0.717) is 25.7 Å². The third-order valence-corrected chi connectivity index (χ3v) is 19.8. The van der Waals surface area contributed by atoms with Gasteiger partial charge in [-0.2, -0.15) is 0 Å². The fraction of sp³-hybridized carbons (Fsp3) is 0.947. The Morgan fingerprint density at radius 3 is 0.755 bits per heavy atom. The number of aliphatic hydroxyl groups excluding tert-OH is 1. The predicted molar refractivity (Wildman–Crippen MR) is 382 cm³/mol. The molecular formula is C75H146O17P2. The van der Waals surface area contributed by atoms with Gasteiger partial charge < -0.3 is 33.8 Å². The molecule has 0 aromatic heterocycles. The molecule has 3 N–H and O–H groups in total. The van der Waals surface area contributed by atoms with E-state index in [0.717, 1.165) is 95.8 Å². The third kappa shape index (κ3) is 67.3. The summed E-state index contributed by atoms with van der Waals surface area (Å²) < 4.78 is 68.5. The Bertz CT molecular complexity index is 1810. The first-order valence-electron chi connectivity index (χ1n) is 39.2. The molecule has 0 radical (unpaired) electrons. The summed E-state index contributed by atoms with van der Waals surface area (Å²) in [6.45, 7) is 7.28. The van der Waals surface area contributed by atoms with Crippen LogP contribution in [0.4, 0.5) is 0 Å². The summed E-state index contributed by atoms with van der Waals surface area (Å²) in [5.41, 5.74) is 0. The quantitative estimate of drug-likeness (QED) is 0.0222. The van der Waals surface area contributed by atoms with Crippen molar-refractivity contribution < 1.29 is 80.2 Å². The first kappa shape index (κ1) is 92.1. The predicted octanol–water partition coefficient (Wildman–Crippen LogP) is 22.1. The van der Waals surface area contributed by atoms with Crippen molar-refractivity contribution in [3.05, 3.63) is 0 Å². The summed E-state index contributed by atoms with van der Waals surface area (Å²) in [6.07, 6.45) is 56.8. The lowest BCUT2D eigenvalue weighted by molar-refractivity contribution is -0.161. The van der Waals surface area contributed by atoms with Gasteiger partial charge in [0.2, 0.25) is 0 Å². The summed E-state index contributed by atoms with van der Waals surface area (Å²) >= 11 is 0. The van der Waals surface area contributed by atoms with Gasteiger partial charge in [0.25, 0.3) is 0 Å². The van der Waals surface area contributed by atoms with Crippen molar-refractivity contribution in [2.75, 3.05) is 39.6 Å². The van der Waals surface area contributed by atoms with Crippen LogP contribution in [0.25, 0.3) is 0 Å². The van der Waals surface area contributed by atoms with Crippen molar-refractivity contribution in [3.63, 3.8) is 0 Å². The topological polar surface area (TPSA) is 237 Å². The zero-order valence-corrected chi connectivity index (χ0v) is 62.9. The second kappa shape index (κ2) is 68.2. The van der Waals surface area contributed by atoms with E-state index in [1.807, 2.05) is 0 Å². The summed E-state index contributed by atoms with van der Waals surface area (Å²) in [7, 11) is -9.91. The number of rotatable bonds is 75. The molecular weight excluding hydrogens is 1230 g/mol. The number of phosphoric ester groups is 2. The molecule has 0 heterocycles. The number of esters is 4. The highest BCUT2D eigenvalue weighted by atomic mass is 31.2. The molecule has 558 valence electrons. The number of hydrogen-bond acceptors (Lipinski definition) is 15. The van der Waals surface area contributed by atoms with Crippen molar-refractivity contribution in [1.29, 1.82) is 0 Å². The zero-order valence-electron chi connectivity index (χ0n) is 61.1. The van der Waals surface area contributed by atoms with E-state index in [-0.39, 0.29) is 25.7 Å². The second-order valence-corrected chi connectivity index (χ2v) is 30.2. The van der Waals surface area contributed by atoms with Gasteiger partial charge in [-0.15, -0.1) is 0 Å². The molecule has 0 amide bonds. The summed E-state index contributed by atoms with van der Waals surface area (Å²) in [6, 6.07) is 0. The van der Waals surface area contributed by atoms with Crippen LogP contribution < -0.4 is 0 Å². The average Bonchev–Trinajstić information content (AvgIpc) is 1.44. The molecule has 94 heavy (non-hydrogen) atoms. The number of phosphoric acid groups is 2. The van der Waals surface area contributed by atoms with Gasteiger partial charge in [0.05, 0.1) is 26.4 Å². The minimum Gasteiger partial charge on any atom is -0.462 e. The van der Waals surface area contributed by atoms with Crippen LogP contribution in [0, 0.1) is 5.92 Å². The standard InChI is InChI=1S/C75H146O17P2/c1-6-10-13-16-19-22-25-27-28-29-30-31-32-34-36-39-45-50-55-60-74(79)91-70(64-86-73(78)59-54-49-44-38-35-33-26-23-20-17-14-11-7-2)66-89-93(81,82)87-62-69(76)63-88-94(83,84)90-67-71(65-85-72(77)58-53-48-43-37-24-21-18-15-12-8-3)92-75(80)61-56-51-46-41-40-42-47-52-57-68(5)9-4/h68-71,76H,6-67H2,1-5H3,(H,81,82)(H,83,84)/t68?,69-,70-,71-/m1/s1. The van der Waals surface area contributed by atoms with E-state index in [9.17, 15) is 43.2 Å². The molecule has 3 unspecified atom stereocenters. The van der Waals surface area contributed by atoms with Crippen LogP contribution in [0.2, 0.25) is 0 Å². The molecule has 0 fully saturated rings. The first-order valence-corrected chi connectivity index (χ1v) is 42.2. The monoisotopic (exact) mass is 1380 g/mol. The molecule has 0 rings (SSSR count). The van der Waals surface area contributed by atoms with Gasteiger partial charge in [0.15, 0.2) is 12.2 Å². The van der Waals surface area contributed by atoms with Gasteiger partial charge in [-0.3, -0.25) is 37.3 Å². The highest BCUT2D eigenvalue weighted by molar-refractivity contribution is 7.47. The van der Waals surface area contributed by atoms with Gasteiger partial charge in [-0.05, 0) is 31.6 Å². The minimum atomic E-state index is -4.96. The number of aliphatic hydroxyl groups is 1. The molecule has 0 aliphatic rings. The Balaban J connectivity index is 5.22. The number of hydrogen-bond donors (Lipinski definition) is 3. The van der Waals surface area contributed by atoms with E-state index in [4.69, 9.17) is 37.0 Å². The van der Waals surface area contributed by atoms with Crippen molar-refractivity contribution in [2.24, 2.45) is 5.92 Å². The van der Waals surface area contributed by atoms with Crippen molar-refractivity contribution in [3.8, 4) is 0 Å². The van der Waals surface area contributed by atoms with Crippen LogP contribution in [-0.4, -0.2) is 96.7 Å². The molecule has 0 spiro atoms.